The van der Waals surface area contributed by atoms with Gasteiger partial charge in [0.05, 0.1) is 6.61 Å². The first-order valence-electron chi connectivity index (χ1n) is 8.25. The highest BCUT2D eigenvalue weighted by Crippen LogP contribution is 2.09. The van der Waals surface area contributed by atoms with Crippen LogP contribution in [0.15, 0.2) is 91.0 Å². The summed E-state index contributed by atoms with van der Waals surface area (Å²) in [6, 6.07) is 31.1. The predicted octanol–water partition coefficient (Wildman–Crippen LogP) is 1.67. The SMILES string of the molecule is OCC#CCO[Si](c1ccccc1)(c1ccccc1)c1ccccc1. The van der Waals surface area contributed by atoms with Crippen molar-refractivity contribution in [2.45, 2.75) is 0 Å². The lowest BCUT2D eigenvalue weighted by molar-refractivity contribution is 0.348. The van der Waals surface area contributed by atoms with Gasteiger partial charge in [0.1, 0.15) is 6.61 Å². The Morgan fingerprint density at radius 2 is 1.04 bits per heavy atom. The standard InChI is InChI=1S/C22H20O2Si/c23-18-10-11-19-24-25(20-12-4-1-5-13-20,21-14-6-2-7-15-21)22-16-8-3-9-17-22/h1-9,12-17,23H,18-19H2. The van der Waals surface area contributed by atoms with Gasteiger partial charge in [-0.25, -0.2) is 0 Å². The summed E-state index contributed by atoms with van der Waals surface area (Å²) < 4.78 is 6.54. The molecule has 0 radical (unpaired) electrons. The van der Waals surface area contributed by atoms with E-state index in [4.69, 9.17) is 9.53 Å². The van der Waals surface area contributed by atoms with Gasteiger partial charge in [-0.05, 0) is 15.6 Å². The van der Waals surface area contributed by atoms with Crippen LogP contribution in [0.4, 0.5) is 0 Å². The zero-order valence-corrected chi connectivity index (χ0v) is 14.9. The summed E-state index contributed by atoms with van der Waals surface area (Å²) in [6.45, 7) is 0.130. The van der Waals surface area contributed by atoms with E-state index in [1.165, 1.54) is 15.6 Å². The van der Waals surface area contributed by atoms with E-state index in [0.29, 0.717) is 0 Å². The zero-order valence-electron chi connectivity index (χ0n) is 13.9. The minimum absolute atomic E-state index is 0.153. The lowest BCUT2D eigenvalue weighted by atomic mass is 10.3. The number of hydrogen-bond acceptors (Lipinski definition) is 2. The fraction of sp³-hybridized carbons (Fsp3) is 0.0909. The summed E-state index contributed by atoms with van der Waals surface area (Å²) in [6.07, 6.45) is 0. The molecule has 0 fully saturated rings. The van der Waals surface area contributed by atoms with Gasteiger partial charge in [0.25, 0.3) is 8.32 Å². The van der Waals surface area contributed by atoms with Gasteiger partial charge in [-0.3, -0.25) is 0 Å². The summed E-state index contributed by atoms with van der Waals surface area (Å²) in [4.78, 5) is 0. The Kier molecular flexibility index (Phi) is 5.81. The molecule has 0 saturated carbocycles. The first kappa shape index (κ1) is 17.2. The number of hydrogen-bond donors (Lipinski definition) is 1. The molecule has 0 aliphatic rings. The van der Waals surface area contributed by atoms with E-state index < -0.39 is 8.32 Å². The average molecular weight is 344 g/mol. The highest BCUT2D eigenvalue weighted by atomic mass is 28.4. The van der Waals surface area contributed by atoms with E-state index in [1.54, 1.807) is 0 Å². The molecule has 0 spiro atoms. The van der Waals surface area contributed by atoms with Crippen LogP contribution in [-0.2, 0) is 4.43 Å². The Hall–Kier alpha value is -2.64. The molecule has 0 saturated heterocycles. The summed E-state index contributed by atoms with van der Waals surface area (Å²) in [5.41, 5.74) is 0. The van der Waals surface area contributed by atoms with Crippen molar-refractivity contribution in [2.24, 2.45) is 0 Å². The van der Waals surface area contributed by atoms with Crippen LogP contribution >= 0.6 is 0 Å². The molecule has 3 aromatic carbocycles. The third kappa shape index (κ3) is 3.72. The van der Waals surface area contributed by atoms with E-state index in [2.05, 4.69) is 48.2 Å². The van der Waals surface area contributed by atoms with Gasteiger partial charge in [-0.15, -0.1) is 0 Å². The molecule has 25 heavy (non-hydrogen) atoms. The fourth-order valence-corrected chi connectivity index (χ4v) is 6.79. The monoisotopic (exact) mass is 344 g/mol. The Labute approximate surface area is 149 Å². The molecule has 0 heterocycles. The van der Waals surface area contributed by atoms with Crippen LogP contribution in [0.3, 0.4) is 0 Å². The molecule has 0 atom stereocenters. The van der Waals surface area contributed by atoms with Crippen LogP contribution in [0.2, 0.25) is 0 Å². The van der Waals surface area contributed by atoms with E-state index in [9.17, 15) is 0 Å². The molecule has 0 unspecified atom stereocenters. The molecule has 3 aromatic rings. The summed E-state index contributed by atoms with van der Waals surface area (Å²) >= 11 is 0. The van der Waals surface area contributed by atoms with E-state index in [0.717, 1.165) is 0 Å². The molecule has 0 bridgehead atoms. The highest BCUT2D eigenvalue weighted by Gasteiger charge is 2.41. The van der Waals surface area contributed by atoms with Crippen LogP contribution in [0.5, 0.6) is 0 Å². The minimum Gasteiger partial charge on any atom is -0.393 e. The first-order chi connectivity index (χ1) is 12.4. The lowest BCUT2D eigenvalue weighted by Crippen LogP contribution is -2.69. The van der Waals surface area contributed by atoms with Crippen LogP contribution in [0.1, 0.15) is 0 Å². The summed E-state index contributed by atoms with van der Waals surface area (Å²) in [7, 11) is -2.66. The number of rotatable bonds is 5. The van der Waals surface area contributed by atoms with Crippen LogP contribution in [-0.4, -0.2) is 26.6 Å². The molecule has 0 amide bonds. The smallest absolute Gasteiger partial charge is 0.289 e. The summed E-state index contributed by atoms with van der Waals surface area (Å²) in [5.74, 6) is 5.59. The van der Waals surface area contributed by atoms with Crippen molar-refractivity contribution in [1.82, 2.24) is 0 Å². The maximum absolute atomic E-state index is 8.93. The molecule has 0 aliphatic heterocycles. The first-order valence-corrected chi connectivity index (χ1v) is 10.2. The minimum atomic E-state index is -2.66. The van der Waals surface area contributed by atoms with Gasteiger partial charge in [-0.2, -0.15) is 0 Å². The molecule has 2 nitrogen and oxygen atoms in total. The third-order valence-corrected chi connectivity index (χ3v) is 8.12. The second-order valence-corrected chi connectivity index (χ2v) is 8.96. The second-order valence-electron chi connectivity index (χ2n) is 5.58. The van der Waals surface area contributed by atoms with E-state index in [1.807, 2.05) is 54.6 Å². The van der Waals surface area contributed by atoms with E-state index in [-0.39, 0.29) is 13.2 Å². The molecule has 1 N–H and O–H groups in total. The van der Waals surface area contributed by atoms with Gasteiger partial charge < -0.3 is 9.53 Å². The second kappa shape index (κ2) is 8.45. The van der Waals surface area contributed by atoms with Gasteiger partial charge in [0.15, 0.2) is 0 Å². The van der Waals surface area contributed by atoms with Gasteiger partial charge in [0.2, 0.25) is 0 Å². The predicted molar refractivity (Wildman–Crippen MR) is 105 cm³/mol. The van der Waals surface area contributed by atoms with Crippen molar-refractivity contribution in [3.05, 3.63) is 91.0 Å². The third-order valence-electron chi connectivity index (χ3n) is 4.11. The highest BCUT2D eigenvalue weighted by molar-refractivity contribution is 7.07. The van der Waals surface area contributed by atoms with Crippen molar-refractivity contribution in [3.63, 3.8) is 0 Å². The molecular weight excluding hydrogens is 324 g/mol. The topological polar surface area (TPSA) is 29.5 Å². The Morgan fingerprint density at radius 1 is 0.640 bits per heavy atom. The zero-order chi connectivity index (χ0) is 17.4. The number of aliphatic hydroxyl groups excluding tert-OH is 1. The van der Waals surface area contributed by atoms with Crippen molar-refractivity contribution in [3.8, 4) is 11.8 Å². The van der Waals surface area contributed by atoms with Crippen molar-refractivity contribution in [2.75, 3.05) is 13.2 Å². The molecule has 3 rings (SSSR count). The molecule has 124 valence electrons. The average Bonchev–Trinajstić information content (AvgIpc) is 2.70. The number of benzene rings is 3. The van der Waals surface area contributed by atoms with E-state index >= 15 is 0 Å². The summed E-state index contributed by atoms with van der Waals surface area (Å²) in [5, 5.41) is 12.5. The van der Waals surface area contributed by atoms with Crippen LogP contribution < -0.4 is 15.6 Å². The van der Waals surface area contributed by atoms with Crippen molar-refractivity contribution < 1.29 is 9.53 Å². The lowest BCUT2D eigenvalue weighted by Gasteiger charge is -2.32. The quantitative estimate of drug-likeness (QED) is 0.433. The number of aliphatic hydroxyl groups is 1. The maximum Gasteiger partial charge on any atom is 0.289 e. The van der Waals surface area contributed by atoms with Crippen LogP contribution in [0, 0.1) is 11.8 Å². The van der Waals surface area contributed by atoms with Gasteiger partial charge in [-0.1, -0.05) is 103 Å². The Balaban J connectivity index is 2.20. The van der Waals surface area contributed by atoms with Gasteiger partial charge >= 0.3 is 0 Å². The normalized spacial score (nSPS) is 10.8. The van der Waals surface area contributed by atoms with Gasteiger partial charge in [0, 0.05) is 0 Å². The Morgan fingerprint density at radius 3 is 1.40 bits per heavy atom. The molecule has 0 aromatic heterocycles. The molecule has 3 heteroatoms. The van der Waals surface area contributed by atoms with Crippen molar-refractivity contribution in [1.29, 1.82) is 0 Å². The van der Waals surface area contributed by atoms with Crippen LogP contribution in [0.25, 0.3) is 0 Å². The molecular formula is C22H20O2Si. The Bertz CT molecular complexity index is 740. The largest absolute Gasteiger partial charge is 0.393 e. The maximum atomic E-state index is 8.93. The molecule has 0 aliphatic carbocycles. The van der Waals surface area contributed by atoms with Crippen molar-refractivity contribution >= 4 is 23.9 Å². The fourth-order valence-electron chi connectivity index (χ4n) is 3.02.